The van der Waals surface area contributed by atoms with E-state index in [1.54, 1.807) is 0 Å². The molecular weight excluding hydrogens is 109 g/mol. The molecule has 0 unspecified atom stereocenters. The Labute approximate surface area is 31.5 Å². The summed E-state index contributed by atoms with van der Waals surface area (Å²) < 4.78 is 0. The van der Waals surface area contributed by atoms with E-state index in [9.17, 15) is 0 Å². The van der Waals surface area contributed by atoms with Crippen molar-refractivity contribution in [3.05, 3.63) is 11.0 Å². The summed E-state index contributed by atoms with van der Waals surface area (Å²) in [6.45, 7) is 0. The maximum atomic E-state index is 2.25. The fraction of sp³-hybridized carbons (Fsp3) is 0. The zero-order chi connectivity index (χ0) is 2.83. The summed E-state index contributed by atoms with van der Waals surface area (Å²) in [5.74, 6) is 0. The Morgan fingerprint density at radius 2 is 1.75 bits per heavy atom. The van der Waals surface area contributed by atoms with Gasteiger partial charge in [0, 0.05) is 0 Å². The molecule has 4 heavy (non-hydrogen) atoms. The summed E-state index contributed by atoms with van der Waals surface area (Å²) in [6, 6.07) is 0. The SMILES string of the molecule is C1=[CH][Ge]=[CH]1. The van der Waals surface area contributed by atoms with E-state index in [4.69, 9.17) is 0 Å². The van der Waals surface area contributed by atoms with Crippen molar-refractivity contribution in [2.45, 2.75) is 0 Å². The molecule has 0 saturated carbocycles. The predicted molar refractivity (Wildman–Crippen MR) is 21.0 cm³/mol. The van der Waals surface area contributed by atoms with Gasteiger partial charge in [0.05, 0.1) is 0 Å². The molecule has 0 spiro atoms. The molecule has 0 amide bonds. The zero-order valence-corrected chi connectivity index (χ0v) is 4.33. The van der Waals surface area contributed by atoms with Crippen molar-refractivity contribution in [1.82, 2.24) is 0 Å². The van der Waals surface area contributed by atoms with Crippen LogP contribution in [0.5, 0.6) is 0 Å². The van der Waals surface area contributed by atoms with Gasteiger partial charge < -0.3 is 0 Å². The Balaban J connectivity index is 2.67. The van der Waals surface area contributed by atoms with E-state index in [2.05, 4.69) is 15.8 Å². The molecule has 0 aromatic carbocycles. The van der Waals surface area contributed by atoms with E-state index in [1.165, 1.54) is 0 Å². The van der Waals surface area contributed by atoms with Crippen LogP contribution in [0.1, 0.15) is 0 Å². The van der Waals surface area contributed by atoms with Gasteiger partial charge in [-0.3, -0.25) is 0 Å². The summed E-state index contributed by atoms with van der Waals surface area (Å²) in [6.07, 6.45) is 2.11. The fourth-order valence-electron chi connectivity index (χ4n) is 0.0962. The molecule has 0 aromatic heterocycles. The van der Waals surface area contributed by atoms with Gasteiger partial charge in [-0.15, -0.1) is 0 Å². The summed E-state index contributed by atoms with van der Waals surface area (Å²) in [5.41, 5.74) is 0. The summed E-state index contributed by atoms with van der Waals surface area (Å²) >= 11 is 0.389. The van der Waals surface area contributed by atoms with Crippen LogP contribution < -0.4 is 0 Å². The van der Waals surface area contributed by atoms with Crippen LogP contribution in [0.3, 0.4) is 0 Å². The van der Waals surface area contributed by atoms with Crippen LogP contribution in [-0.4, -0.2) is 19.8 Å². The molecular formula is C3H3Ge. The monoisotopic (exact) mass is 113 g/mol. The fourth-order valence-corrected chi connectivity index (χ4v) is 0.500. The van der Waals surface area contributed by atoms with Crippen molar-refractivity contribution in [1.29, 1.82) is 0 Å². The third-order valence-corrected chi connectivity index (χ3v) is 2.00. The zero-order valence-electron chi connectivity index (χ0n) is 2.23. The van der Waals surface area contributed by atoms with Crippen molar-refractivity contribution in [3.8, 4) is 0 Å². The number of hydrogen-bond acceptors (Lipinski definition) is 0. The Bertz CT molecular complexity index is 43.7. The van der Waals surface area contributed by atoms with Crippen LogP contribution in [-0.2, 0) is 0 Å². The molecule has 1 radical (unpaired) electrons. The Morgan fingerprint density at radius 1 is 1.50 bits per heavy atom. The quantitative estimate of drug-likeness (QED) is 0.387. The standard InChI is InChI=1S/C3H3Ge/c1-2-4-3-1/h1-3H. The van der Waals surface area contributed by atoms with Crippen molar-refractivity contribution in [2.75, 3.05) is 0 Å². The first-order chi connectivity index (χ1) is 2.00. The summed E-state index contributed by atoms with van der Waals surface area (Å²) in [7, 11) is 0. The Hall–Kier alpha value is 0.153. The van der Waals surface area contributed by atoms with Gasteiger partial charge in [-0.1, -0.05) is 0 Å². The third kappa shape index (κ3) is 0.166. The molecule has 1 heteroatoms. The van der Waals surface area contributed by atoms with Gasteiger partial charge in [0.25, 0.3) is 0 Å². The predicted octanol–water partition coefficient (Wildman–Crippen LogP) is 0.0201. The van der Waals surface area contributed by atoms with E-state index in [0.717, 1.165) is 0 Å². The van der Waals surface area contributed by atoms with Gasteiger partial charge in [0.2, 0.25) is 0 Å². The van der Waals surface area contributed by atoms with Gasteiger partial charge >= 0.3 is 30.8 Å². The van der Waals surface area contributed by atoms with Gasteiger partial charge in [0.1, 0.15) is 0 Å². The molecule has 0 bridgehead atoms. The molecule has 0 N–H and O–H groups in total. The molecule has 0 fully saturated rings. The van der Waals surface area contributed by atoms with Crippen LogP contribution >= 0.6 is 0 Å². The van der Waals surface area contributed by atoms with Gasteiger partial charge in [-0.25, -0.2) is 0 Å². The summed E-state index contributed by atoms with van der Waals surface area (Å²) in [5, 5.41) is 0. The van der Waals surface area contributed by atoms with Gasteiger partial charge in [0.15, 0.2) is 0 Å². The van der Waals surface area contributed by atoms with Crippen LogP contribution in [0.15, 0.2) is 11.0 Å². The summed E-state index contributed by atoms with van der Waals surface area (Å²) in [4.78, 5) is 4.50. The molecule has 0 atom stereocenters. The first kappa shape index (κ1) is 2.39. The van der Waals surface area contributed by atoms with Crippen LogP contribution in [0.4, 0.5) is 0 Å². The molecule has 1 heterocycles. The second-order valence-corrected chi connectivity index (χ2v) is 2.79. The normalized spacial score (nSPS) is 16.0. The topological polar surface area (TPSA) is 0 Å². The number of allylic oxidation sites excluding steroid dienone is 1. The second kappa shape index (κ2) is 0.847. The Kier molecular flexibility index (Phi) is 0.507. The van der Waals surface area contributed by atoms with Crippen molar-refractivity contribution in [3.63, 3.8) is 0 Å². The van der Waals surface area contributed by atoms with E-state index < -0.39 is 0 Å². The Morgan fingerprint density at radius 3 is 1.75 bits per heavy atom. The van der Waals surface area contributed by atoms with Crippen molar-refractivity contribution < 1.29 is 0 Å². The second-order valence-electron chi connectivity index (χ2n) is 0.692. The molecule has 0 saturated heterocycles. The molecule has 1 rings (SSSR count). The number of hydrogen-bond donors (Lipinski definition) is 0. The van der Waals surface area contributed by atoms with Gasteiger partial charge in [-0.05, 0) is 0 Å². The van der Waals surface area contributed by atoms with Crippen molar-refractivity contribution >= 4 is 19.8 Å². The average molecular weight is 112 g/mol. The van der Waals surface area contributed by atoms with E-state index in [1.807, 2.05) is 0 Å². The minimum atomic E-state index is 0.389. The van der Waals surface area contributed by atoms with Gasteiger partial charge in [-0.2, -0.15) is 0 Å². The van der Waals surface area contributed by atoms with Crippen LogP contribution in [0.25, 0.3) is 0 Å². The molecule has 0 aromatic rings. The molecule has 0 aliphatic carbocycles. The van der Waals surface area contributed by atoms with E-state index >= 15 is 0 Å². The molecule has 19 valence electrons. The van der Waals surface area contributed by atoms with E-state index in [0.29, 0.717) is 15.0 Å². The first-order valence-electron chi connectivity index (χ1n) is 1.24. The minimum absolute atomic E-state index is 0.389. The van der Waals surface area contributed by atoms with Crippen LogP contribution in [0.2, 0.25) is 0 Å². The van der Waals surface area contributed by atoms with E-state index in [-0.39, 0.29) is 0 Å². The molecule has 1 aliphatic rings. The van der Waals surface area contributed by atoms with Crippen molar-refractivity contribution in [2.24, 2.45) is 0 Å². The molecule has 0 nitrogen and oxygen atoms in total. The number of rotatable bonds is 0. The molecule has 1 aliphatic heterocycles. The maximum absolute atomic E-state index is 2.25. The third-order valence-electron chi connectivity index (χ3n) is 0.385. The average Bonchev–Trinajstić information content (AvgIpc) is 0.722. The van der Waals surface area contributed by atoms with Crippen LogP contribution in [0, 0.1) is 0 Å². The first-order valence-corrected chi connectivity index (χ1v) is 3.67.